The average Bonchev–Trinajstić information content (AvgIpc) is 2.23. The molecule has 6 nitrogen and oxygen atoms in total. The normalized spacial score (nSPS) is 15.6. The summed E-state index contributed by atoms with van der Waals surface area (Å²) < 4.78 is 30.8. The van der Waals surface area contributed by atoms with Gasteiger partial charge in [0.1, 0.15) is 6.04 Å². The van der Waals surface area contributed by atoms with Crippen molar-refractivity contribution in [3.05, 3.63) is 0 Å². The fourth-order valence-corrected chi connectivity index (χ4v) is 3.12. The average molecular weight is 281 g/mol. The molecule has 0 fully saturated rings. The van der Waals surface area contributed by atoms with Gasteiger partial charge in [-0.25, -0.2) is 13.1 Å². The van der Waals surface area contributed by atoms with Crippen LogP contribution >= 0.6 is 0 Å². The maximum Gasteiger partial charge on any atom is 0.321 e. The molecule has 0 aromatic heterocycles. The molecular formula is C11H23NO5S. The number of methoxy groups -OCH3 is 1. The molecule has 0 aromatic rings. The van der Waals surface area contributed by atoms with E-state index >= 15 is 0 Å². The van der Waals surface area contributed by atoms with Crippen molar-refractivity contribution in [2.75, 3.05) is 12.9 Å². The molecule has 0 spiro atoms. The topological polar surface area (TPSA) is 92.7 Å². The molecule has 0 radical (unpaired) electrons. The number of hydrogen-bond donors (Lipinski definition) is 2. The first-order valence-electron chi connectivity index (χ1n) is 5.97. The third kappa shape index (κ3) is 6.93. The second-order valence-corrected chi connectivity index (χ2v) is 6.48. The number of aliphatic carboxylic acids is 1. The summed E-state index contributed by atoms with van der Waals surface area (Å²) in [4.78, 5) is 11.0. The van der Waals surface area contributed by atoms with Gasteiger partial charge in [-0.15, -0.1) is 0 Å². The molecule has 0 rings (SSSR count). The van der Waals surface area contributed by atoms with Gasteiger partial charge in [-0.05, 0) is 18.8 Å². The van der Waals surface area contributed by atoms with Gasteiger partial charge < -0.3 is 9.84 Å². The monoisotopic (exact) mass is 281 g/mol. The van der Waals surface area contributed by atoms with Gasteiger partial charge in [0.25, 0.3) is 0 Å². The summed E-state index contributed by atoms with van der Waals surface area (Å²) in [6.45, 7) is 5.50. The van der Waals surface area contributed by atoms with Crippen molar-refractivity contribution < 1.29 is 23.1 Å². The van der Waals surface area contributed by atoms with E-state index in [1.807, 2.05) is 20.8 Å². The number of carboxylic acids is 1. The van der Waals surface area contributed by atoms with Gasteiger partial charge in [-0.1, -0.05) is 20.8 Å². The molecule has 1 unspecified atom stereocenters. The summed E-state index contributed by atoms with van der Waals surface area (Å²) >= 11 is 0. The van der Waals surface area contributed by atoms with E-state index in [2.05, 4.69) is 4.72 Å². The van der Waals surface area contributed by atoms with Crippen LogP contribution in [0.15, 0.2) is 0 Å². The van der Waals surface area contributed by atoms with Crippen LogP contribution in [-0.2, 0) is 19.6 Å². The molecule has 0 amide bonds. The van der Waals surface area contributed by atoms with Crippen LogP contribution in [0.5, 0.6) is 0 Å². The lowest BCUT2D eigenvalue weighted by Gasteiger charge is -2.19. The first-order valence-corrected chi connectivity index (χ1v) is 7.62. The van der Waals surface area contributed by atoms with Gasteiger partial charge in [0.15, 0.2) is 0 Å². The van der Waals surface area contributed by atoms with Crippen LogP contribution in [0.25, 0.3) is 0 Å². The van der Waals surface area contributed by atoms with E-state index in [1.54, 1.807) is 0 Å². The van der Waals surface area contributed by atoms with Gasteiger partial charge >= 0.3 is 5.97 Å². The molecule has 0 aliphatic rings. The molecule has 0 saturated carbocycles. The number of carbonyl (C=O) groups is 1. The molecule has 0 bridgehead atoms. The van der Waals surface area contributed by atoms with Crippen LogP contribution in [0, 0.1) is 5.92 Å². The van der Waals surface area contributed by atoms with Crippen LogP contribution in [0.3, 0.4) is 0 Å². The van der Waals surface area contributed by atoms with Crippen molar-refractivity contribution in [1.82, 2.24) is 4.72 Å². The molecule has 18 heavy (non-hydrogen) atoms. The van der Waals surface area contributed by atoms with Crippen LogP contribution < -0.4 is 4.72 Å². The van der Waals surface area contributed by atoms with Crippen LogP contribution in [0.4, 0.5) is 0 Å². The van der Waals surface area contributed by atoms with E-state index in [9.17, 15) is 13.2 Å². The lowest BCUT2D eigenvalue weighted by molar-refractivity contribution is -0.139. The highest BCUT2D eigenvalue weighted by molar-refractivity contribution is 7.89. The summed E-state index contributed by atoms with van der Waals surface area (Å²) in [7, 11) is -2.21. The summed E-state index contributed by atoms with van der Waals surface area (Å²) in [5.74, 6) is -1.28. The standard InChI is InChI=1S/C11H23NO5S/c1-5-9(17-4)7-18(15,16)12-10(11(13)14)6-8(2)3/h8-10,12H,5-7H2,1-4H3,(H,13,14)/t9?,10-/m1/s1. The molecule has 108 valence electrons. The predicted octanol–water partition coefficient (Wildman–Crippen LogP) is 0.830. The van der Waals surface area contributed by atoms with E-state index in [0.29, 0.717) is 6.42 Å². The maximum atomic E-state index is 11.8. The quantitative estimate of drug-likeness (QED) is 0.653. The van der Waals surface area contributed by atoms with Gasteiger partial charge in [0.05, 0.1) is 11.9 Å². The third-order valence-corrected chi connectivity index (χ3v) is 3.98. The highest BCUT2D eigenvalue weighted by Crippen LogP contribution is 2.08. The van der Waals surface area contributed by atoms with Gasteiger partial charge in [-0.2, -0.15) is 0 Å². The minimum atomic E-state index is -3.65. The fourth-order valence-electron chi connectivity index (χ4n) is 1.53. The van der Waals surface area contributed by atoms with E-state index in [-0.39, 0.29) is 18.1 Å². The van der Waals surface area contributed by atoms with Crippen molar-refractivity contribution in [2.45, 2.75) is 45.8 Å². The van der Waals surface area contributed by atoms with Gasteiger partial charge in [0, 0.05) is 7.11 Å². The zero-order valence-electron chi connectivity index (χ0n) is 11.3. The van der Waals surface area contributed by atoms with E-state index in [0.717, 1.165) is 0 Å². The first-order chi connectivity index (χ1) is 8.21. The number of rotatable bonds is 9. The largest absolute Gasteiger partial charge is 0.480 e. The lowest BCUT2D eigenvalue weighted by Crippen LogP contribution is -2.44. The lowest BCUT2D eigenvalue weighted by atomic mass is 10.1. The van der Waals surface area contributed by atoms with E-state index < -0.39 is 28.1 Å². The van der Waals surface area contributed by atoms with Crippen molar-refractivity contribution in [3.63, 3.8) is 0 Å². The number of ether oxygens (including phenoxy) is 1. The first kappa shape index (κ1) is 17.3. The minimum Gasteiger partial charge on any atom is -0.480 e. The Kier molecular flexibility index (Phi) is 7.42. The number of sulfonamides is 1. The Balaban J connectivity index is 4.65. The number of hydrogen-bond acceptors (Lipinski definition) is 4. The van der Waals surface area contributed by atoms with Gasteiger partial charge in [0.2, 0.25) is 10.0 Å². The van der Waals surface area contributed by atoms with Crippen molar-refractivity contribution in [2.24, 2.45) is 5.92 Å². The highest BCUT2D eigenvalue weighted by atomic mass is 32.2. The minimum absolute atomic E-state index is 0.0956. The van der Waals surface area contributed by atoms with Crippen LogP contribution in [-0.4, -0.2) is 44.5 Å². The smallest absolute Gasteiger partial charge is 0.321 e. The third-order valence-electron chi connectivity index (χ3n) is 2.52. The molecule has 2 atom stereocenters. The van der Waals surface area contributed by atoms with E-state index in [4.69, 9.17) is 9.84 Å². The summed E-state index contributed by atoms with van der Waals surface area (Å²) in [5.41, 5.74) is 0. The Labute approximate surface area is 109 Å². The van der Waals surface area contributed by atoms with Gasteiger partial charge in [-0.3, -0.25) is 4.79 Å². The Morgan fingerprint density at radius 1 is 1.39 bits per heavy atom. The van der Waals surface area contributed by atoms with Crippen molar-refractivity contribution in [1.29, 1.82) is 0 Å². The van der Waals surface area contributed by atoms with Crippen molar-refractivity contribution in [3.8, 4) is 0 Å². The van der Waals surface area contributed by atoms with Crippen LogP contribution in [0.1, 0.15) is 33.6 Å². The zero-order valence-corrected chi connectivity index (χ0v) is 12.2. The maximum absolute atomic E-state index is 11.8. The number of nitrogens with one attached hydrogen (secondary N) is 1. The summed E-state index contributed by atoms with van der Waals surface area (Å²) in [6, 6.07) is -1.08. The molecule has 0 aliphatic carbocycles. The molecule has 0 aromatic carbocycles. The van der Waals surface area contributed by atoms with Crippen molar-refractivity contribution >= 4 is 16.0 Å². The number of carboxylic acid groups (broad SMARTS) is 1. The molecule has 2 N–H and O–H groups in total. The fraction of sp³-hybridized carbons (Fsp3) is 0.909. The van der Waals surface area contributed by atoms with E-state index in [1.165, 1.54) is 7.11 Å². The molecule has 0 saturated heterocycles. The summed E-state index contributed by atoms with van der Waals surface area (Å²) in [5, 5.41) is 8.98. The molecular weight excluding hydrogens is 258 g/mol. The second-order valence-electron chi connectivity index (χ2n) is 4.69. The SMILES string of the molecule is CCC(CS(=O)(=O)N[C@H](CC(C)C)C(=O)O)OC. The molecule has 0 aliphatic heterocycles. The molecule has 7 heteroatoms. The summed E-state index contributed by atoms with van der Waals surface area (Å²) in [6.07, 6.45) is 0.397. The predicted molar refractivity (Wildman–Crippen MR) is 68.9 cm³/mol. The molecule has 0 heterocycles. The Hall–Kier alpha value is -0.660. The Bertz CT molecular complexity index is 348. The Morgan fingerprint density at radius 3 is 2.28 bits per heavy atom. The Morgan fingerprint density at radius 2 is 1.94 bits per heavy atom. The zero-order chi connectivity index (χ0) is 14.3. The van der Waals surface area contributed by atoms with Crippen LogP contribution in [0.2, 0.25) is 0 Å². The highest BCUT2D eigenvalue weighted by Gasteiger charge is 2.26. The second kappa shape index (κ2) is 7.70.